The van der Waals surface area contributed by atoms with Crippen molar-refractivity contribution >= 4 is 22.6 Å². The summed E-state index contributed by atoms with van der Waals surface area (Å²) in [5, 5.41) is 12.7. The van der Waals surface area contributed by atoms with Crippen LogP contribution in [0.2, 0.25) is 0 Å². The van der Waals surface area contributed by atoms with Crippen molar-refractivity contribution in [1.29, 1.82) is 0 Å². The maximum absolute atomic E-state index is 12.4. The lowest BCUT2D eigenvalue weighted by molar-refractivity contribution is -0.126. The number of nitrogens with zero attached hydrogens (tertiary/aromatic N) is 1. The van der Waals surface area contributed by atoms with Crippen molar-refractivity contribution in [2.45, 2.75) is 57.2 Å². The molecule has 0 heterocycles. The van der Waals surface area contributed by atoms with Crippen LogP contribution in [-0.4, -0.2) is 31.0 Å². The molecule has 2 saturated carbocycles. The van der Waals surface area contributed by atoms with Crippen LogP contribution < -0.4 is 16.0 Å². The van der Waals surface area contributed by atoms with Crippen molar-refractivity contribution < 1.29 is 4.79 Å². The van der Waals surface area contributed by atoms with Gasteiger partial charge in [0.1, 0.15) is 0 Å². The van der Waals surface area contributed by atoms with Gasteiger partial charge in [0.2, 0.25) is 5.91 Å². The van der Waals surface area contributed by atoms with Crippen molar-refractivity contribution in [2.75, 3.05) is 7.05 Å². The van der Waals surface area contributed by atoms with Crippen molar-refractivity contribution in [2.24, 2.45) is 10.9 Å². The standard InChI is InChI=1S/C23H30N4O/c1-24-23(25-15-18-9-4-7-16-6-2-3-11-21(16)18)27-20-10-5-8-17(14-20)22(28)26-19-12-13-19/h2-4,6-7,9,11,17,19-20H,5,8,10,12-15H2,1H3,(H,26,28)(H2,24,25,27). The number of amides is 1. The SMILES string of the molecule is CN=C(NCc1cccc2ccccc12)NC1CCCC(C(=O)NC2CC2)C1. The molecule has 0 radical (unpaired) electrons. The highest BCUT2D eigenvalue weighted by atomic mass is 16.2. The third kappa shape index (κ3) is 4.64. The maximum Gasteiger partial charge on any atom is 0.223 e. The lowest BCUT2D eigenvalue weighted by Crippen LogP contribution is -2.47. The van der Waals surface area contributed by atoms with Gasteiger partial charge in [0.25, 0.3) is 0 Å². The molecule has 2 aromatic rings. The molecular formula is C23H30N4O. The van der Waals surface area contributed by atoms with Gasteiger partial charge in [-0.3, -0.25) is 9.79 Å². The second-order valence-corrected chi connectivity index (χ2v) is 8.05. The molecule has 0 aliphatic heterocycles. The highest BCUT2D eigenvalue weighted by Crippen LogP contribution is 2.27. The Balaban J connectivity index is 1.33. The summed E-state index contributed by atoms with van der Waals surface area (Å²) in [6.45, 7) is 0.722. The molecule has 0 saturated heterocycles. The summed E-state index contributed by atoms with van der Waals surface area (Å²) in [5.41, 5.74) is 1.26. The fourth-order valence-electron chi connectivity index (χ4n) is 4.12. The topological polar surface area (TPSA) is 65.5 Å². The second kappa shape index (κ2) is 8.63. The molecule has 2 aliphatic carbocycles. The van der Waals surface area contributed by atoms with Gasteiger partial charge in [-0.15, -0.1) is 0 Å². The molecule has 28 heavy (non-hydrogen) atoms. The monoisotopic (exact) mass is 378 g/mol. The number of guanidine groups is 1. The summed E-state index contributed by atoms with van der Waals surface area (Å²) in [5.74, 6) is 1.18. The van der Waals surface area contributed by atoms with Crippen LogP contribution >= 0.6 is 0 Å². The lowest BCUT2D eigenvalue weighted by atomic mass is 9.85. The first-order valence-corrected chi connectivity index (χ1v) is 10.5. The van der Waals surface area contributed by atoms with Gasteiger partial charge in [0.05, 0.1) is 0 Å². The molecule has 5 nitrogen and oxygen atoms in total. The van der Waals surface area contributed by atoms with E-state index in [9.17, 15) is 4.79 Å². The zero-order chi connectivity index (χ0) is 19.3. The number of benzene rings is 2. The van der Waals surface area contributed by atoms with E-state index in [2.05, 4.69) is 63.4 Å². The van der Waals surface area contributed by atoms with E-state index in [-0.39, 0.29) is 11.8 Å². The molecule has 0 aromatic heterocycles. The van der Waals surface area contributed by atoms with Crippen LogP contribution in [0.15, 0.2) is 47.5 Å². The van der Waals surface area contributed by atoms with E-state index in [4.69, 9.17) is 0 Å². The number of carbonyl (C=O) groups is 1. The first kappa shape index (κ1) is 18.8. The Morgan fingerprint density at radius 2 is 1.82 bits per heavy atom. The molecular weight excluding hydrogens is 348 g/mol. The fourth-order valence-corrected chi connectivity index (χ4v) is 4.12. The van der Waals surface area contributed by atoms with Gasteiger partial charge < -0.3 is 16.0 Å². The van der Waals surface area contributed by atoms with E-state index in [1.165, 1.54) is 16.3 Å². The van der Waals surface area contributed by atoms with Gasteiger partial charge in [-0.2, -0.15) is 0 Å². The molecule has 2 aromatic carbocycles. The van der Waals surface area contributed by atoms with Crippen LogP contribution in [0.25, 0.3) is 10.8 Å². The van der Waals surface area contributed by atoms with E-state index in [0.29, 0.717) is 12.1 Å². The summed E-state index contributed by atoms with van der Waals surface area (Å²) < 4.78 is 0. The Hall–Kier alpha value is -2.56. The minimum absolute atomic E-state index is 0.128. The molecule has 1 amide bonds. The van der Waals surface area contributed by atoms with E-state index in [1.54, 1.807) is 7.05 Å². The van der Waals surface area contributed by atoms with Gasteiger partial charge in [-0.25, -0.2) is 0 Å². The first-order chi connectivity index (χ1) is 13.7. The molecule has 0 spiro atoms. The number of hydrogen-bond acceptors (Lipinski definition) is 2. The summed E-state index contributed by atoms with van der Waals surface area (Å²) >= 11 is 0. The van der Waals surface area contributed by atoms with E-state index < -0.39 is 0 Å². The smallest absolute Gasteiger partial charge is 0.223 e. The third-order valence-electron chi connectivity index (χ3n) is 5.86. The average molecular weight is 379 g/mol. The summed E-state index contributed by atoms with van der Waals surface area (Å²) in [4.78, 5) is 16.8. The second-order valence-electron chi connectivity index (χ2n) is 8.05. The molecule has 2 fully saturated rings. The molecule has 3 N–H and O–H groups in total. The zero-order valence-electron chi connectivity index (χ0n) is 16.6. The number of aliphatic imine (C=N–C) groups is 1. The van der Waals surface area contributed by atoms with Crippen LogP contribution in [0.5, 0.6) is 0 Å². The minimum atomic E-state index is 0.128. The summed E-state index contributed by atoms with van der Waals surface area (Å²) in [7, 11) is 1.80. The predicted octanol–water partition coefficient (Wildman–Crippen LogP) is 3.34. The Morgan fingerprint density at radius 1 is 1.00 bits per heavy atom. The lowest BCUT2D eigenvalue weighted by Gasteiger charge is -2.30. The van der Waals surface area contributed by atoms with Crippen molar-refractivity contribution in [3.63, 3.8) is 0 Å². The van der Waals surface area contributed by atoms with Crippen LogP contribution in [0, 0.1) is 5.92 Å². The molecule has 5 heteroatoms. The molecule has 2 unspecified atom stereocenters. The molecule has 148 valence electrons. The predicted molar refractivity (Wildman–Crippen MR) is 114 cm³/mol. The first-order valence-electron chi connectivity index (χ1n) is 10.5. The van der Waals surface area contributed by atoms with Gasteiger partial charge in [-0.1, -0.05) is 48.9 Å². The third-order valence-corrected chi connectivity index (χ3v) is 5.86. The van der Waals surface area contributed by atoms with Crippen LogP contribution in [0.1, 0.15) is 44.1 Å². The van der Waals surface area contributed by atoms with Crippen LogP contribution in [-0.2, 0) is 11.3 Å². The Bertz CT molecular complexity index is 853. The molecule has 2 aliphatic rings. The van der Waals surface area contributed by atoms with Crippen molar-refractivity contribution in [3.8, 4) is 0 Å². The quantitative estimate of drug-likeness (QED) is 0.552. The number of carbonyl (C=O) groups excluding carboxylic acids is 1. The fraction of sp³-hybridized carbons (Fsp3) is 0.478. The largest absolute Gasteiger partial charge is 0.354 e. The van der Waals surface area contributed by atoms with Crippen LogP contribution in [0.3, 0.4) is 0 Å². The van der Waals surface area contributed by atoms with E-state index in [1.807, 2.05) is 0 Å². The highest BCUT2D eigenvalue weighted by Gasteiger charge is 2.31. The molecule has 2 atom stereocenters. The van der Waals surface area contributed by atoms with Crippen molar-refractivity contribution in [1.82, 2.24) is 16.0 Å². The minimum Gasteiger partial charge on any atom is -0.354 e. The molecule has 4 rings (SSSR count). The van der Waals surface area contributed by atoms with Crippen molar-refractivity contribution in [3.05, 3.63) is 48.0 Å². The van der Waals surface area contributed by atoms with Crippen LogP contribution in [0.4, 0.5) is 0 Å². The van der Waals surface area contributed by atoms with Gasteiger partial charge in [-0.05, 0) is 48.4 Å². The zero-order valence-corrected chi connectivity index (χ0v) is 16.6. The molecule has 0 bridgehead atoms. The number of nitrogens with one attached hydrogen (secondary N) is 3. The van der Waals surface area contributed by atoms with E-state index in [0.717, 1.165) is 51.0 Å². The Kier molecular flexibility index (Phi) is 5.79. The summed E-state index contributed by atoms with van der Waals surface area (Å²) in [6, 6.07) is 15.6. The Labute approximate surface area is 167 Å². The average Bonchev–Trinajstić information content (AvgIpc) is 3.55. The number of fused-ring (bicyclic) bond motifs is 1. The van der Waals surface area contributed by atoms with Gasteiger partial charge in [0, 0.05) is 31.6 Å². The van der Waals surface area contributed by atoms with E-state index >= 15 is 0 Å². The normalized spacial score (nSPS) is 22.7. The highest BCUT2D eigenvalue weighted by molar-refractivity contribution is 5.86. The van der Waals surface area contributed by atoms with Gasteiger partial charge >= 0.3 is 0 Å². The maximum atomic E-state index is 12.4. The number of rotatable bonds is 5. The van der Waals surface area contributed by atoms with Gasteiger partial charge in [0.15, 0.2) is 5.96 Å². The number of hydrogen-bond donors (Lipinski definition) is 3. The summed E-state index contributed by atoms with van der Waals surface area (Å²) in [6.07, 6.45) is 6.34. The Morgan fingerprint density at radius 3 is 2.64 bits per heavy atom.